The summed E-state index contributed by atoms with van der Waals surface area (Å²) in [6, 6.07) is 0. The normalized spacial score (nSPS) is 29.2. The van der Waals surface area contributed by atoms with E-state index in [2.05, 4.69) is 0 Å². The van der Waals surface area contributed by atoms with Gasteiger partial charge in [-0.1, -0.05) is 13.8 Å². The lowest BCUT2D eigenvalue weighted by atomic mass is 10.1. The summed E-state index contributed by atoms with van der Waals surface area (Å²) in [6.45, 7) is 7.36. The van der Waals surface area contributed by atoms with Gasteiger partial charge < -0.3 is 9.47 Å². The van der Waals surface area contributed by atoms with Gasteiger partial charge in [-0.25, -0.2) is 4.79 Å². The van der Waals surface area contributed by atoms with Gasteiger partial charge in [-0.3, -0.25) is 0 Å². The Kier molecular flexibility index (Phi) is 1.92. The molecule has 1 aliphatic heterocycles. The molecule has 1 saturated heterocycles. The van der Waals surface area contributed by atoms with Crippen molar-refractivity contribution in [3.8, 4) is 0 Å². The summed E-state index contributed by atoms with van der Waals surface area (Å²) in [7, 11) is 0. The van der Waals surface area contributed by atoms with Crippen molar-refractivity contribution >= 4 is 5.97 Å². The van der Waals surface area contributed by atoms with Gasteiger partial charge >= 0.3 is 5.97 Å². The molecule has 0 aromatic rings. The summed E-state index contributed by atoms with van der Waals surface area (Å²) in [4.78, 5) is 11.1. The van der Waals surface area contributed by atoms with E-state index in [1.807, 2.05) is 13.8 Å². The van der Waals surface area contributed by atoms with Gasteiger partial charge in [0.2, 0.25) is 5.79 Å². The van der Waals surface area contributed by atoms with Crippen LogP contribution in [0.25, 0.3) is 0 Å². The molecule has 1 atom stereocenters. The van der Waals surface area contributed by atoms with Crippen LogP contribution in [0.4, 0.5) is 0 Å². The van der Waals surface area contributed by atoms with E-state index >= 15 is 0 Å². The maximum atomic E-state index is 11.1. The number of carbonyl (C=O) groups is 1. The van der Waals surface area contributed by atoms with Crippen LogP contribution in [0, 0.1) is 5.92 Å². The second-order valence-electron chi connectivity index (χ2n) is 3.60. The second kappa shape index (κ2) is 2.48. The Morgan fingerprint density at radius 1 is 1.45 bits per heavy atom. The molecule has 3 nitrogen and oxygen atoms in total. The fourth-order valence-electron chi connectivity index (χ4n) is 1.09. The van der Waals surface area contributed by atoms with Gasteiger partial charge in [-0.2, -0.15) is 0 Å². The molecule has 1 fully saturated rings. The molecular formula is C8H14O3. The van der Waals surface area contributed by atoms with Crippen molar-refractivity contribution in [1.29, 1.82) is 0 Å². The Balaban J connectivity index is 2.67. The van der Waals surface area contributed by atoms with Crippen LogP contribution in [-0.2, 0) is 14.3 Å². The van der Waals surface area contributed by atoms with Gasteiger partial charge in [-0.15, -0.1) is 0 Å². The van der Waals surface area contributed by atoms with Crippen LogP contribution < -0.4 is 0 Å². The van der Waals surface area contributed by atoms with Gasteiger partial charge in [0.25, 0.3) is 0 Å². The minimum atomic E-state index is -0.730. The molecule has 11 heavy (non-hydrogen) atoms. The molecule has 0 amide bonds. The number of hydrogen-bond donors (Lipinski definition) is 0. The number of cyclic esters (lactones) is 1. The predicted octanol–water partition coefficient (Wildman–Crippen LogP) is 1.32. The molecule has 0 aromatic heterocycles. The van der Waals surface area contributed by atoms with E-state index in [0.29, 0.717) is 0 Å². The Labute approximate surface area is 66.7 Å². The van der Waals surface area contributed by atoms with Gasteiger partial charge in [0, 0.05) is 13.8 Å². The van der Waals surface area contributed by atoms with Crippen LogP contribution in [0.5, 0.6) is 0 Å². The monoisotopic (exact) mass is 158 g/mol. The standard InChI is InChI=1S/C8H14O3/c1-5(2)6-7(9)11-8(3,4)10-6/h5-6H,1-4H3. The maximum Gasteiger partial charge on any atom is 0.338 e. The summed E-state index contributed by atoms with van der Waals surface area (Å²) in [5, 5.41) is 0. The fraction of sp³-hybridized carbons (Fsp3) is 0.875. The zero-order chi connectivity index (χ0) is 8.65. The van der Waals surface area contributed by atoms with E-state index in [1.165, 1.54) is 0 Å². The van der Waals surface area contributed by atoms with Crippen molar-refractivity contribution in [2.45, 2.75) is 39.6 Å². The molecule has 0 radical (unpaired) electrons. The zero-order valence-corrected chi connectivity index (χ0v) is 7.38. The predicted molar refractivity (Wildman–Crippen MR) is 39.9 cm³/mol. The molecule has 1 heterocycles. The molecule has 3 heteroatoms. The summed E-state index contributed by atoms with van der Waals surface area (Å²) >= 11 is 0. The van der Waals surface area contributed by atoms with E-state index in [4.69, 9.17) is 9.47 Å². The van der Waals surface area contributed by atoms with Crippen molar-refractivity contribution in [3.63, 3.8) is 0 Å². The summed E-state index contributed by atoms with van der Waals surface area (Å²) < 4.78 is 10.3. The quantitative estimate of drug-likeness (QED) is 0.540. The fourth-order valence-corrected chi connectivity index (χ4v) is 1.09. The third kappa shape index (κ3) is 1.71. The van der Waals surface area contributed by atoms with E-state index < -0.39 is 5.79 Å². The SMILES string of the molecule is CC(C)C1OC(C)(C)OC1=O. The zero-order valence-electron chi connectivity index (χ0n) is 7.38. The number of ether oxygens (including phenoxy) is 2. The van der Waals surface area contributed by atoms with E-state index in [1.54, 1.807) is 13.8 Å². The molecule has 1 aliphatic rings. The largest absolute Gasteiger partial charge is 0.432 e. The molecule has 0 N–H and O–H groups in total. The lowest BCUT2D eigenvalue weighted by Crippen LogP contribution is -2.24. The lowest BCUT2D eigenvalue weighted by molar-refractivity contribution is -0.161. The molecule has 0 spiro atoms. The highest BCUT2D eigenvalue weighted by Crippen LogP contribution is 2.27. The van der Waals surface area contributed by atoms with Crippen LogP contribution in [0.2, 0.25) is 0 Å². The van der Waals surface area contributed by atoms with Gasteiger partial charge in [0.05, 0.1) is 0 Å². The highest BCUT2D eigenvalue weighted by atomic mass is 16.8. The van der Waals surface area contributed by atoms with Gasteiger partial charge in [0.15, 0.2) is 6.10 Å². The number of esters is 1. The first-order chi connectivity index (χ1) is 4.92. The van der Waals surface area contributed by atoms with Crippen LogP contribution in [0.3, 0.4) is 0 Å². The lowest BCUT2D eigenvalue weighted by Gasteiger charge is -2.16. The smallest absolute Gasteiger partial charge is 0.338 e. The van der Waals surface area contributed by atoms with Gasteiger partial charge in [-0.05, 0) is 5.92 Å². The van der Waals surface area contributed by atoms with Crippen molar-refractivity contribution in [2.24, 2.45) is 5.92 Å². The average molecular weight is 158 g/mol. The number of carbonyl (C=O) groups excluding carboxylic acids is 1. The van der Waals surface area contributed by atoms with Crippen LogP contribution in [-0.4, -0.2) is 17.9 Å². The summed E-state index contributed by atoms with van der Waals surface area (Å²) in [6.07, 6.45) is -0.384. The topological polar surface area (TPSA) is 35.5 Å². The van der Waals surface area contributed by atoms with Crippen LogP contribution in [0.15, 0.2) is 0 Å². The molecule has 1 rings (SSSR count). The average Bonchev–Trinajstić information content (AvgIpc) is 2.05. The molecule has 0 aliphatic carbocycles. The first-order valence-corrected chi connectivity index (χ1v) is 3.83. The second-order valence-corrected chi connectivity index (χ2v) is 3.60. The molecule has 64 valence electrons. The van der Waals surface area contributed by atoms with Crippen LogP contribution in [0.1, 0.15) is 27.7 Å². The molecule has 0 saturated carbocycles. The first kappa shape index (κ1) is 8.53. The highest BCUT2D eigenvalue weighted by molar-refractivity contribution is 5.76. The Bertz CT molecular complexity index is 172. The van der Waals surface area contributed by atoms with E-state index in [0.717, 1.165) is 0 Å². The van der Waals surface area contributed by atoms with Crippen molar-refractivity contribution in [1.82, 2.24) is 0 Å². The van der Waals surface area contributed by atoms with Crippen molar-refractivity contribution < 1.29 is 14.3 Å². The van der Waals surface area contributed by atoms with Crippen LogP contribution >= 0.6 is 0 Å². The van der Waals surface area contributed by atoms with Gasteiger partial charge in [0.1, 0.15) is 0 Å². The third-order valence-corrected chi connectivity index (χ3v) is 1.59. The summed E-state index contributed by atoms with van der Waals surface area (Å²) in [5.41, 5.74) is 0. The van der Waals surface area contributed by atoms with Crippen molar-refractivity contribution in [3.05, 3.63) is 0 Å². The highest BCUT2D eigenvalue weighted by Gasteiger charge is 2.42. The van der Waals surface area contributed by atoms with E-state index in [9.17, 15) is 4.79 Å². The minimum Gasteiger partial charge on any atom is -0.432 e. The Morgan fingerprint density at radius 2 is 2.00 bits per heavy atom. The summed E-state index contributed by atoms with van der Waals surface area (Å²) in [5.74, 6) is -0.791. The first-order valence-electron chi connectivity index (χ1n) is 3.83. The number of hydrogen-bond acceptors (Lipinski definition) is 3. The molecular weight excluding hydrogens is 144 g/mol. The molecule has 1 unspecified atom stereocenters. The third-order valence-electron chi connectivity index (χ3n) is 1.59. The van der Waals surface area contributed by atoms with Crippen molar-refractivity contribution in [2.75, 3.05) is 0 Å². The molecule has 0 aromatic carbocycles. The molecule has 0 bridgehead atoms. The Morgan fingerprint density at radius 3 is 2.18 bits per heavy atom. The van der Waals surface area contributed by atoms with E-state index in [-0.39, 0.29) is 18.0 Å². The maximum absolute atomic E-state index is 11.1. The minimum absolute atomic E-state index is 0.185. The Hall–Kier alpha value is -0.570. The number of rotatable bonds is 1.